The van der Waals surface area contributed by atoms with Crippen molar-refractivity contribution in [1.29, 1.82) is 0 Å². The number of hydrogen-bond acceptors (Lipinski definition) is 1. The summed E-state index contributed by atoms with van der Waals surface area (Å²) in [7, 11) is 9.49. The van der Waals surface area contributed by atoms with Gasteiger partial charge in [-0.3, -0.25) is 0 Å². The highest BCUT2D eigenvalue weighted by Crippen LogP contribution is 2.59. The van der Waals surface area contributed by atoms with Crippen LogP contribution in [0.3, 0.4) is 0 Å². The molecule has 0 fully saturated rings. The summed E-state index contributed by atoms with van der Waals surface area (Å²) in [6.45, 7) is 64.5. The lowest BCUT2D eigenvalue weighted by atomic mass is 9.31. The Hall–Kier alpha value is -7.07. The second-order valence-corrected chi connectivity index (χ2v) is 42.1. The molecule has 2 atom stereocenters. The van der Waals surface area contributed by atoms with Gasteiger partial charge in [0, 0.05) is 43.1 Å². The SMILES string of the molecule is Bc1c(B)c(B)c2c(c1B)c1cc(C(C)(C)C)ccc1n2-c1cc2c3c(c1)C(C1(c4cc(C(C)(C)C)cc(C(C)(C)C)c4)C=CC=C1c1cc(C(C)(C)C)cc(C(C)(C)C)c1)c1ccc(-c4cc(C(C)(C)C)cc(C(C)(C)C)c4)cc1B3c1cc(-c3cc(C(C)(C)C)cc(C(C)(C)C)c3)ccc1S2. The molecular formula is C96H116B5NS. The van der Waals surface area contributed by atoms with Gasteiger partial charge in [-0.05, 0) is 179 Å². The summed E-state index contributed by atoms with van der Waals surface area (Å²) in [5.41, 5.74) is 36.0. The molecule has 0 amide bonds. The average molecular weight is 1370 g/mol. The first-order chi connectivity index (χ1) is 47.3. The zero-order valence-corrected chi connectivity index (χ0v) is 69.8. The Balaban J connectivity index is 1.25. The van der Waals surface area contributed by atoms with E-state index >= 15 is 0 Å². The maximum absolute atomic E-state index is 2.74. The van der Waals surface area contributed by atoms with E-state index in [9.17, 15) is 0 Å². The van der Waals surface area contributed by atoms with Crippen LogP contribution in [0.4, 0.5) is 0 Å². The molecule has 2 aliphatic heterocycles. The highest BCUT2D eigenvalue weighted by atomic mass is 32.2. The van der Waals surface area contributed by atoms with Crippen molar-refractivity contribution in [2.75, 3.05) is 0 Å². The first-order valence-corrected chi connectivity index (χ1v) is 39.4. The second-order valence-electron chi connectivity index (χ2n) is 41.1. The Labute approximate surface area is 630 Å². The van der Waals surface area contributed by atoms with Gasteiger partial charge in [0.15, 0.2) is 0 Å². The fourth-order valence-corrected chi connectivity index (χ4v) is 18.1. The summed E-state index contributed by atoms with van der Waals surface area (Å²) in [6.07, 6.45) is 7.69. The van der Waals surface area contributed by atoms with E-state index < -0.39 is 5.41 Å². The molecule has 2 unspecified atom stereocenters. The Morgan fingerprint density at radius 1 is 0.359 bits per heavy atom. The highest BCUT2D eigenvalue weighted by molar-refractivity contribution is 8.00. The van der Waals surface area contributed by atoms with E-state index in [1.807, 2.05) is 11.8 Å². The Morgan fingerprint density at radius 3 is 1.23 bits per heavy atom. The van der Waals surface area contributed by atoms with Crippen molar-refractivity contribution < 1.29 is 0 Å². The molecular weight excluding hydrogens is 1250 g/mol. The lowest BCUT2D eigenvalue weighted by molar-refractivity contribution is 0.552. The van der Waals surface area contributed by atoms with Crippen molar-refractivity contribution in [2.45, 2.75) is 257 Å². The van der Waals surface area contributed by atoms with Crippen LogP contribution in [0.15, 0.2) is 168 Å². The second kappa shape index (κ2) is 24.5. The van der Waals surface area contributed by atoms with Gasteiger partial charge in [-0.1, -0.05) is 359 Å². The van der Waals surface area contributed by atoms with Crippen LogP contribution in [-0.4, -0.2) is 42.7 Å². The molecule has 3 aliphatic rings. The average Bonchev–Trinajstić information content (AvgIpc) is 1.66. The summed E-state index contributed by atoms with van der Waals surface area (Å²) in [5.74, 6) is -0.215. The smallest absolute Gasteiger partial charge is 0.244 e. The summed E-state index contributed by atoms with van der Waals surface area (Å²) in [6, 6.07) is 58.8. The van der Waals surface area contributed by atoms with Gasteiger partial charge in [0.25, 0.3) is 0 Å². The van der Waals surface area contributed by atoms with E-state index in [4.69, 9.17) is 0 Å². The first kappa shape index (κ1) is 74.2. The molecule has 0 saturated heterocycles. The minimum atomic E-state index is -0.738. The summed E-state index contributed by atoms with van der Waals surface area (Å²) in [4.78, 5) is 2.65. The fraction of sp³-hybridized carbons (Fsp3) is 0.396. The van der Waals surface area contributed by atoms with Gasteiger partial charge in [0.1, 0.15) is 31.4 Å². The number of rotatable bonds is 6. The van der Waals surface area contributed by atoms with E-state index in [-0.39, 0.29) is 61.4 Å². The summed E-state index contributed by atoms with van der Waals surface area (Å²) in [5, 5.41) is 2.69. The zero-order valence-electron chi connectivity index (χ0n) is 69.0. The van der Waals surface area contributed by atoms with E-state index in [0.29, 0.717) is 0 Å². The topological polar surface area (TPSA) is 4.93 Å². The molecule has 13 rings (SSSR count). The highest BCUT2D eigenvalue weighted by Gasteiger charge is 2.53. The predicted molar refractivity (Wildman–Crippen MR) is 468 cm³/mol. The third-order valence-corrected chi connectivity index (χ3v) is 25.3. The maximum Gasteiger partial charge on any atom is 0.244 e. The molecule has 0 spiro atoms. The lowest BCUT2D eigenvalue weighted by Crippen LogP contribution is -2.62. The van der Waals surface area contributed by atoms with E-state index in [1.165, 1.54) is 176 Å². The molecule has 9 aromatic carbocycles. The lowest BCUT2D eigenvalue weighted by Gasteiger charge is -2.47. The number of hydrogen-bond donors (Lipinski definition) is 0. The van der Waals surface area contributed by atoms with Gasteiger partial charge in [0.05, 0.1) is 5.52 Å². The van der Waals surface area contributed by atoms with Gasteiger partial charge in [-0.2, -0.15) is 0 Å². The number of aromatic nitrogens is 1. The van der Waals surface area contributed by atoms with Crippen LogP contribution in [0.1, 0.15) is 265 Å². The van der Waals surface area contributed by atoms with E-state index in [1.54, 1.807) is 0 Å². The van der Waals surface area contributed by atoms with Crippen LogP contribution >= 0.6 is 11.8 Å². The fourth-order valence-electron chi connectivity index (χ4n) is 16.9. The van der Waals surface area contributed by atoms with Crippen LogP contribution < -0.4 is 38.2 Å². The van der Waals surface area contributed by atoms with E-state index in [2.05, 4.69) is 381 Å². The van der Waals surface area contributed by atoms with Crippen molar-refractivity contribution in [3.63, 3.8) is 0 Å². The van der Waals surface area contributed by atoms with Crippen molar-refractivity contribution in [1.82, 2.24) is 4.57 Å². The van der Waals surface area contributed by atoms with Gasteiger partial charge >= 0.3 is 0 Å². The normalized spacial score (nSPS) is 16.7. The maximum atomic E-state index is 2.74. The summed E-state index contributed by atoms with van der Waals surface area (Å²) >= 11 is 2.01. The number of fused-ring (bicyclic) bond motifs is 7. The van der Waals surface area contributed by atoms with Crippen LogP contribution in [0, 0.1) is 0 Å². The molecule has 103 heavy (non-hydrogen) atoms. The van der Waals surface area contributed by atoms with Gasteiger partial charge in [-0.25, -0.2) is 0 Å². The van der Waals surface area contributed by atoms with Gasteiger partial charge in [0.2, 0.25) is 6.71 Å². The molecule has 1 aliphatic carbocycles. The monoisotopic (exact) mass is 1370 g/mol. The number of benzene rings is 9. The minimum absolute atomic E-state index is 0.0409. The molecule has 7 heteroatoms. The van der Waals surface area contributed by atoms with Crippen molar-refractivity contribution in [3.8, 4) is 27.9 Å². The molecule has 0 N–H and O–H groups in total. The van der Waals surface area contributed by atoms with Gasteiger partial charge in [-0.15, -0.1) is 5.46 Å². The largest absolute Gasteiger partial charge is 0.310 e. The van der Waals surface area contributed by atoms with Crippen molar-refractivity contribution in [3.05, 3.63) is 230 Å². The third kappa shape index (κ3) is 13.0. The molecule has 0 saturated carbocycles. The molecule has 0 bridgehead atoms. The quantitative estimate of drug-likeness (QED) is 0.150. The van der Waals surface area contributed by atoms with Crippen LogP contribution in [0.25, 0.3) is 55.3 Å². The third-order valence-electron chi connectivity index (χ3n) is 24.2. The standard InChI is InChI=1S/C96H116B5NS/c1-87(2,3)59-32-34-76-71(51-59)79-81(97)82(98)83(99)84(100)86(79)102(76)69-52-72-80(96(68-49-66(94(22,23)24)48-67(50-68)95(25,26)27)36-28-29-73(96)58-41-64(92(16,17)18)47-65(42-58)93(19,20)21)70-33-30-54(56-37-60(88(4,5)6)45-61(38-56)89(7,8)9)43-74(70)101-75-44-55(31-35-77(75)103-78(53-69)85(72)101)57-39-62(90(10,11)12)46-63(40-57)91(13,14)15/h28-53,80H,97-100H2,1-27H3. The van der Waals surface area contributed by atoms with Crippen molar-refractivity contribution >= 4 is 115 Å². The number of nitrogens with zero attached hydrogens (tertiary/aromatic N) is 1. The molecule has 526 valence electrons. The van der Waals surface area contributed by atoms with Gasteiger partial charge < -0.3 is 4.57 Å². The molecule has 0 radical (unpaired) electrons. The van der Waals surface area contributed by atoms with E-state index in [0.717, 1.165) is 0 Å². The van der Waals surface area contributed by atoms with Crippen LogP contribution in [-0.2, 0) is 54.1 Å². The molecule has 1 nitrogen and oxygen atoms in total. The molecule has 1 aromatic heterocycles. The van der Waals surface area contributed by atoms with Crippen molar-refractivity contribution in [2.24, 2.45) is 0 Å². The number of allylic oxidation sites excluding steroid dienone is 4. The Morgan fingerprint density at radius 2 is 0.777 bits per heavy atom. The molecule has 10 aromatic rings. The minimum Gasteiger partial charge on any atom is -0.310 e. The summed E-state index contributed by atoms with van der Waals surface area (Å²) < 4.78 is 2.71. The van der Waals surface area contributed by atoms with Crippen LogP contribution in [0.2, 0.25) is 0 Å². The van der Waals surface area contributed by atoms with Crippen LogP contribution in [0.5, 0.6) is 0 Å². The Kier molecular flexibility index (Phi) is 17.6. The first-order valence-electron chi connectivity index (χ1n) is 38.6. The molecule has 3 heterocycles. The zero-order chi connectivity index (χ0) is 75.3. The predicted octanol–water partition coefficient (Wildman–Crippen LogP) is 17.8. The Bertz CT molecular complexity index is 5100.